The van der Waals surface area contributed by atoms with Crippen LogP contribution in [0.5, 0.6) is 0 Å². The zero-order chi connectivity index (χ0) is 19.7. The lowest BCUT2D eigenvalue weighted by molar-refractivity contribution is -0.153. The van der Waals surface area contributed by atoms with Crippen LogP contribution in [0.15, 0.2) is 24.3 Å². The van der Waals surface area contributed by atoms with Gasteiger partial charge < -0.3 is 25.0 Å². The van der Waals surface area contributed by atoms with Crippen molar-refractivity contribution >= 4 is 29.6 Å². The van der Waals surface area contributed by atoms with E-state index in [9.17, 15) is 19.2 Å². The highest BCUT2D eigenvalue weighted by Gasteiger charge is 2.26. The van der Waals surface area contributed by atoms with E-state index in [1.165, 1.54) is 31.4 Å². The Morgan fingerprint density at radius 1 is 1.12 bits per heavy atom. The number of benzene rings is 1. The number of carboxylic acid groups (broad SMARTS) is 2. The monoisotopic (exact) mass is 367 g/mol. The van der Waals surface area contributed by atoms with E-state index in [1.807, 2.05) is 6.92 Å². The molecular weight excluding hydrogens is 346 g/mol. The van der Waals surface area contributed by atoms with Crippen molar-refractivity contribution in [2.45, 2.75) is 38.3 Å². The third-order valence-corrected chi connectivity index (χ3v) is 3.41. The summed E-state index contributed by atoms with van der Waals surface area (Å²) in [6.45, 7) is 1.92. The summed E-state index contributed by atoms with van der Waals surface area (Å²) in [4.78, 5) is 45.2. The first-order valence-corrected chi connectivity index (χ1v) is 7.88. The number of methoxy groups -OCH3 is 1. The van der Waals surface area contributed by atoms with Gasteiger partial charge in [-0.25, -0.2) is 14.4 Å². The Hall–Kier alpha value is -3.10. The number of hydrogen-bond acceptors (Lipinski definition) is 7. The van der Waals surface area contributed by atoms with Gasteiger partial charge in [0.05, 0.1) is 19.1 Å². The number of ether oxygens (including phenoxy) is 2. The molecule has 0 aliphatic heterocycles. The van der Waals surface area contributed by atoms with Crippen molar-refractivity contribution in [1.29, 1.82) is 0 Å². The molecule has 0 fully saturated rings. The first-order valence-electron chi connectivity index (χ1n) is 7.88. The predicted molar refractivity (Wildman–Crippen MR) is 89.9 cm³/mol. The van der Waals surface area contributed by atoms with Gasteiger partial charge in [0.1, 0.15) is 6.04 Å². The minimum atomic E-state index is -1.77. The van der Waals surface area contributed by atoms with Crippen molar-refractivity contribution < 1.29 is 38.9 Å². The van der Waals surface area contributed by atoms with E-state index in [0.717, 1.165) is 6.42 Å². The maximum Gasteiger partial charge on any atom is 0.345 e. The Kier molecular flexibility index (Phi) is 8.07. The maximum absolute atomic E-state index is 12.0. The highest BCUT2D eigenvalue weighted by atomic mass is 16.6. The van der Waals surface area contributed by atoms with Gasteiger partial charge in [-0.2, -0.15) is 0 Å². The van der Waals surface area contributed by atoms with Gasteiger partial charge in [-0.05, 0) is 30.7 Å². The number of anilines is 1. The Morgan fingerprint density at radius 3 is 2.19 bits per heavy atom. The summed E-state index contributed by atoms with van der Waals surface area (Å²) in [6, 6.07) is 5.27. The zero-order valence-electron chi connectivity index (χ0n) is 14.4. The molecule has 0 radical (unpaired) electrons. The third kappa shape index (κ3) is 6.42. The summed E-state index contributed by atoms with van der Waals surface area (Å²) in [5.41, 5.74) is 0.614. The molecule has 0 saturated heterocycles. The third-order valence-electron chi connectivity index (χ3n) is 3.41. The Morgan fingerprint density at radius 2 is 1.73 bits per heavy atom. The van der Waals surface area contributed by atoms with Gasteiger partial charge >= 0.3 is 23.9 Å². The quantitative estimate of drug-likeness (QED) is 0.525. The lowest BCUT2D eigenvalue weighted by atomic mass is 10.1. The summed E-state index contributed by atoms with van der Waals surface area (Å²) in [7, 11) is 1.29. The standard InChI is InChI=1S/C17H21NO8/c1-3-4-12(17(24)25-2)18-11-7-5-10(6-8-11)16(23)26-13(15(21)22)9-14(19)20/h5-8,12-13,18H,3-4,9H2,1-2H3,(H,19,20)(H,21,22). The van der Waals surface area contributed by atoms with Crippen LogP contribution in [0.2, 0.25) is 0 Å². The number of carboxylic acids is 2. The van der Waals surface area contributed by atoms with Crippen molar-refractivity contribution in [3.05, 3.63) is 29.8 Å². The lowest BCUT2D eigenvalue weighted by Gasteiger charge is -2.17. The summed E-state index contributed by atoms with van der Waals surface area (Å²) in [5.74, 6) is -4.30. The summed E-state index contributed by atoms with van der Waals surface area (Å²) < 4.78 is 9.43. The van der Waals surface area contributed by atoms with Crippen LogP contribution in [0.4, 0.5) is 5.69 Å². The van der Waals surface area contributed by atoms with Crippen LogP contribution in [-0.2, 0) is 23.9 Å². The first kappa shape index (κ1) is 20.9. The lowest BCUT2D eigenvalue weighted by Crippen LogP contribution is -2.30. The fourth-order valence-corrected chi connectivity index (χ4v) is 2.12. The molecule has 2 unspecified atom stereocenters. The SMILES string of the molecule is CCCC(Nc1ccc(C(=O)OC(CC(=O)O)C(=O)O)cc1)C(=O)OC. The van der Waals surface area contributed by atoms with E-state index >= 15 is 0 Å². The van der Waals surface area contributed by atoms with Gasteiger partial charge in [0, 0.05) is 5.69 Å². The van der Waals surface area contributed by atoms with E-state index in [1.54, 1.807) is 0 Å². The van der Waals surface area contributed by atoms with Crippen molar-refractivity contribution in [2.75, 3.05) is 12.4 Å². The molecule has 1 aromatic carbocycles. The summed E-state index contributed by atoms with van der Waals surface area (Å²) in [5, 5.41) is 20.5. The van der Waals surface area contributed by atoms with Crippen molar-refractivity contribution in [3.63, 3.8) is 0 Å². The smallest absolute Gasteiger partial charge is 0.345 e. The molecule has 0 bridgehead atoms. The van der Waals surface area contributed by atoms with E-state index in [4.69, 9.17) is 19.7 Å². The molecule has 0 saturated carbocycles. The molecule has 0 spiro atoms. The summed E-state index contributed by atoms with van der Waals surface area (Å²) in [6.07, 6.45) is -1.28. The average molecular weight is 367 g/mol. The molecule has 1 aromatic rings. The van der Waals surface area contributed by atoms with E-state index in [-0.39, 0.29) is 5.56 Å². The Balaban J connectivity index is 2.79. The van der Waals surface area contributed by atoms with E-state index in [2.05, 4.69) is 5.32 Å². The molecule has 0 aliphatic carbocycles. The molecule has 2 atom stereocenters. The topological polar surface area (TPSA) is 139 Å². The second kappa shape index (κ2) is 10.0. The molecule has 9 nitrogen and oxygen atoms in total. The Labute approximate surface area is 149 Å². The van der Waals surface area contributed by atoms with Crippen LogP contribution in [0.1, 0.15) is 36.5 Å². The van der Waals surface area contributed by atoms with Crippen LogP contribution in [0.3, 0.4) is 0 Å². The van der Waals surface area contributed by atoms with Gasteiger partial charge in [0.2, 0.25) is 6.10 Å². The van der Waals surface area contributed by atoms with E-state index < -0.39 is 42.4 Å². The minimum absolute atomic E-state index is 0.0531. The second-order valence-electron chi connectivity index (χ2n) is 5.42. The molecule has 0 heterocycles. The number of carbonyl (C=O) groups is 4. The van der Waals surface area contributed by atoms with Crippen LogP contribution >= 0.6 is 0 Å². The van der Waals surface area contributed by atoms with Crippen LogP contribution in [-0.4, -0.2) is 53.3 Å². The van der Waals surface area contributed by atoms with Gasteiger partial charge in [-0.15, -0.1) is 0 Å². The molecule has 3 N–H and O–H groups in total. The normalized spacial score (nSPS) is 12.5. The fourth-order valence-electron chi connectivity index (χ4n) is 2.12. The highest BCUT2D eigenvalue weighted by Crippen LogP contribution is 2.15. The molecular formula is C17H21NO8. The zero-order valence-corrected chi connectivity index (χ0v) is 14.4. The predicted octanol–water partition coefficient (Wildman–Crippen LogP) is 1.52. The number of aliphatic carboxylic acids is 2. The fraction of sp³-hybridized carbons (Fsp3) is 0.412. The van der Waals surface area contributed by atoms with Crippen LogP contribution < -0.4 is 5.32 Å². The van der Waals surface area contributed by atoms with Crippen LogP contribution in [0.25, 0.3) is 0 Å². The minimum Gasteiger partial charge on any atom is -0.481 e. The largest absolute Gasteiger partial charge is 0.481 e. The summed E-state index contributed by atoms with van der Waals surface area (Å²) >= 11 is 0. The van der Waals surface area contributed by atoms with Crippen molar-refractivity contribution in [3.8, 4) is 0 Å². The number of hydrogen-bond donors (Lipinski definition) is 3. The molecule has 9 heteroatoms. The van der Waals surface area contributed by atoms with Gasteiger partial charge in [0.25, 0.3) is 0 Å². The Bertz CT molecular complexity index is 655. The van der Waals surface area contributed by atoms with Crippen molar-refractivity contribution in [1.82, 2.24) is 0 Å². The average Bonchev–Trinajstić information content (AvgIpc) is 2.60. The first-order chi connectivity index (χ1) is 12.3. The number of rotatable bonds is 10. The second-order valence-corrected chi connectivity index (χ2v) is 5.42. The highest BCUT2D eigenvalue weighted by molar-refractivity contribution is 5.92. The molecule has 0 aromatic heterocycles. The van der Waals surface area contributed by atoms with Crippen LogP contribution in [0, 0.1) is 0 Å². The molecule has 142 valence electrons. The molecule has 0 amide bonds. The van der Waals surface area contributed by atoms with Crippen molar-refractivity contribution in [2.24, 2.45) is 0 Å². The van der Waals surface area contributed by atoms with E-state index in [0.29, 0.717) is 12.1 Å². The number of esters is 2. The molecule has 0 aliphatic rings. The maximum atomic E-state index is 12.0. The number of nitrogens with one attached hydrogen (secondary N) is 1. The van der Waals surface area contributed by atoms with Gasteiger partial charge in [0.15, 0.2) is 0 Å². The van der Waals surface area contributed by atoms with Gasteiger partial charge in [-0.1, -0.05) is 13.3 Å². The molecule has 26 heavy (non-hydrogen) atoms. The van der Waals surface area contributed by atoms with Gasteiger partial charge in [-0.3, -0.25) is 4.79 Å². The number of carbonyl (C=O) groups excluding carboxylic acids is 2. The molecule has 1 rings (SSSR count).